The van der Waals surface area contributed by atoms with Gasteiger partial charge >= 0.3 is 5.97 Å². The number of hydrogen-bond acceptors (Lipinski definition) is 7. The Balaban J connectivity index is 1.68. The zero-order valence-electron chi connectivity index (χ0n) is 20.1. The van der Waals surface area contributed by atoms with Gasteiger partial charge in [0.1, 0.15) is 17.7 Å². The average molecular weight is 506 g/mol. The van der Waals surface area contributed by atoms with Crippen LogP contribution in [-0.4, -0.2) is 74.0 Å². The van der Waals surface area contributed by atoms with Crippen LogP contribution in [0, 0.1) is 5.41 Å². The lowest BCUT2D eigenvalue weighted by atomic mass is 9.76. The van der Waals surface area contributed by atoms with E-state index in [4.69, 9.17) is 5.73 Å². The fourth-order valence-corrected chi connectivity index (χ4v) is 5.45. The summed E-state index contributed by atoms with van der Waals surface area (Å²) in [7, 11) is 0. The number of amides is 3. The third-order valence-corrected chi connectivity index (χ3v) is 7.34. The number of benzene rings is 1. The van der Waals surface area contributed by atoms with Crippen LogP contribution in [0.2, 0.25) is 0 Å². The molecule has 1 aromatic carbocycles. The van der Waals surface area contributed by atoms with Crippen molar-refractivity contribution in [1.29, 1.82) is 0 Å². The van der Waals surface area contributed by atoms with Crippen molar-refractivity contribution in [3.63, 3.8) is 0 Å². The van der Waals surface area contributed by atoms with E-state index >= 15 is 0 Å². The smallest absolute Gasteiger partial charge is 0.303 e. The highest BCUT2D eigenvalue weighted by Crippen LogP contribution is 2.44. The van der Waals surface area contributed by atoms with Gasteiger partial charge < -0.3 is 36.8 Å². The molecule has 2 aliphatic rings. The molecule has 8 N–H and O–H groups in total. The maximum atomic E-state index is 13.0. The van der Waals surface area contributed by atoms with Crippen molar-refractivity contribution in [1.82, 2.24) is 10.6 Å². The molecule has 3 rings (SSSR count). The molecule has 0 aliphatic heterocycles. The van der Waals surface area contributed by atoms with Crippen molar-refractivity contribution < 1.29 is 39.6 Å². The second kappa shape index (κ2) is 11.4. The van der Waals surface area contributed by atoms with Gasteiger partial charge in [0.2, 0.25) is 11.8 Å². The van der Waals surface area contributed by atoms with Crippen LogP contribution in [-0.2, 0) is 25.6 Å². The molecular formula is C25H35N3O8. The minimum Gasteiger partial charge on any atom is -0.481 e. The molecule has 11 heteroatoms. The second-order valence-electron chi connectivity index (χ2n) is 10.2. The zero-order valence-corrected chi connectivity index (χ0v) is 20.1. The first-order chi connectivity index (χ1) is 16.9. The van der Waals surface area contributed by atoms with Gasteiger partial charge in [-0.15, -0.1) is 0 Å². The first kappa shape index (κ1) is 27.6. The maximum absolute atomic E-state index is 13.0. The van der Waals surface area contributed by atoms with E-state index < -0.39 is 71.8 Å². The number of primary amides is 1. The Morgan fingerprint density at radius 3 is 2.25 bits per heavy atom. The van der Waals surface area contributed by atoms with Crippen LogP contribution < -0.4 is 16.4 Å². The Morgan fingerprint density at radius 2 is 1.67 bits per heavy atom. The monoisotopic (exact) mass is 505 g/mol. The van der Waals surface area contributed by atoms with Crippen molar-refractivity contribution in [3.8, 4) is 0 Å². The maximum Gasteiger partial charge on any atom is 0.303 e. The number of nitrogens with one attached hydrogen (secondary N) is 2. The number of nitrogens with two attached hydrogens (primary N) is 1. The summed E-state index contributed by atoms with van der Waals surface area (Å²) in [5.74, 6) is -3.29. The predicted molar refractivity (Wildman–Crippen MR) is 127 cm³/mol. The van der Waals surface area contributed by atoms with Crippen LogP contribution in [0.3, 0.4) is 0 Å². The lowest BCUT2D eigenvalue weighted by molar-refractivity contribution is -0.161. The van der Waals surface area contributed by atoms with E-state index in [0.717, 1.165) is 18.4 Å². The summed E-state index contributed by atoms with van der Waals surface area (Å²) in [6, 6.07) is 6.54. The van der Waals surface area contributed by atoms with Crippen molar-refractivity contribution in [2.75, 3.05) is 0 Å². The molecule has 0 saturated heterocycles. The number of carbonyl (C=O) groups is 4. The van der Waals surface area contributed by atoms with Crippen LogP contribution in [0.25, 0.3) is 0 Å². The second-order valence-corrected chi connectivity index (χ2v) is 10.2. The lowest BCUT2D eigenvalue weighted by Gasteiger charge is -2.42. The quantitative estimate of drug-likeness (QED) is 0.218. The summed E-state index contributed by atoms with van der Waals surface area (Å²) in [6.45, 7) is 0. The molecule has 0 radical (unpaired) electrons. The van der Waals surface area contributed by atoms with Gasteiger partial charge in [0, 0.05) is 25.7 Å². The van der Waals surface area contributed by atoms with Gasteiger partial charge in [-0.3, -0.25) is 19.2 Å². The van der Waals surface area contributed by atoms with E-state index in [1.165, 1.54) is 0 Å². The fraction of sp³-hybridized carbons (Fsp3) is 0.600. The Labute approximate surface area is 209 Å². The number of hydrogen-bond donors (Lipinski definition) is 7. The summed E-state index contributed by atoms with van der Waals surface area (Å²) < 4.78 is 0. The highest BCUT2D eigenvalue weighted by molar-refractivity contribution is 5.91. The highest BCUT2D eigenvalue weighted by Gasteiger charge is 2.50. The molecule has 1 aromatic rings. The molecule has 0 heterocycles. The van der Waals surface area contributed by atoms with Gasteiger partial charge in [0.05, 0.1) is 18.6 Å². The third-order valence-electron chi connectivity index (χ3n) is 7.34. The number of carbonyl (C=O) groups excluding carboxylic acids is 3. The number of rotatable bonds is 10. The third kappa shape index (κ3) is 6.80. The zero-order chi connectivity index (χ0) is 26.5. The van der Waals surface area contributed by atoms with Gasteiger partial charge in [-0.2, -0.15) is 0 Å². The normalized spacial score (nSPS) is 28.1. The molecule has 36 heavy (non-hydrogen) atoms. The first-order valence-electron chi connectivity index (χ1n) is 12.2. The number of aliphatic hydroxyl groups excluding tert-OH is 2. The minimum absolute atomic E-state index is 0.0793. The van der Waals surface area contributed by atoms with Crippen molar-refractivity contribution in [2.45, 2.75) is 87.7 Å². The molecule has 198 valence electrons. The van der Waals surface area contributed by atoms with Crippen molar-refractivity contribution in [2.24, 2.45) is 11.1 Å². The minimum atomic E-state index is -2.19. The summed E-state index contributed by atoms with van der Waals surface area (Å²) in [4.78, 5) is 49.1. The van der Waals surface area contributed by atoms with Crippen LogP contribution >= 0.6 is 0 Å². The molecule has 3 amide bonds. The van der Waals surface area contributed by atoms with Gasteiger partial charge in [0.15, 0.2) is 0 Å². The van der Waals surface area contributed by atoms with Gasteiger partial charge in [-0.05, 0) is 23.8 Å². The number of carboxylic acid groups (broad SMARTS) is 1. The summed E-state index contributed by atoms with van der Waals surface area (Å²) in [6.07, 6.45) is -1.23. The molecule has 11 nitrogen and oxygen atoms in total. The van der Waals surface area contributed by atoms with Crippen LogP contribution in [0.4, 0.5) is 0 Å². The van der Waals surface area contributed by atoms with Crippen LogP contribution in [0.1, 0.15) is 56.9 Å². The van der Waals surface area contributed by atoms with Gasteiger partial charge in [-0.25, -0.2) is 0 Å². The van der Waals surface area contributed by atoms with E-state index in [0.29, 0.717) is 12.8 Å². The molecule has 5 atom stereocenters. The van der Waals surface area contributed by atoms with Crippen molar-refractivity contribution in [3.05, 3.63) is 35.9 Å². The van der Waals surface area contributed by atoms with Gasteiger partial charge in [-0.1, -0.05) is 43.2 Å². The Hall–Kier alpha value is -3.02. The van der Waals surface area contributed by atoms with E-state index in [1.54, 1.807) is 30.3 Å². The largest absolute Gasteiger partial charge is 0.481 e. The van der Waals surface area contributed by atoms with E-state index in [1.807, 2.05) is 0 Å². The summed E-state index contributed by atoms with van der Waals surface area (Å²) in [5, 5.41) is 46.2. The summed E-state index contributed by atoms with van der Waals surface area (Å²) >= 11 is 0. The molecular weight excluding hydrogens is 470 g/mol. The summed E-state index contributed by atoms with van der Waals surface area (Å²) in [5.41, 5.74) is 3.31. The molecule has 0 bridgehead atoms. The molecule has 0 aromatic heterocycles. The number of carboxylic acids is 1. The standard InChI is InChI=1S/C25H35N3O8/c26-22(34)16(10-15-6-2-1-3-7-15)28-23(35)25(36)11-17(21(33)18(29)12-25)27-19(30)13-24(14-20(31)32)8-4-5-9-24/h1-3,6-7,16-18,21,29,33,36H,4-5,8-14H2,(H2,26,34)(H,27,30)(H,28,35)(H,31,32)/t16-,17+,18-,21-,25+/m1/s1. The topological polar surface area (TPSA) is 199 Å². The molecule has 0 unspecified atom stereocenters. The average Bonchev–Trinajstić information content (AvgIpc) is 3.24. The van der Waals surface area contributed by atoms with Crippen molar-refractivity contribution >= 4 is 23.7 Å². The van der Waals surface area contributed by atoms with Gasteiger partial charge in [0.25, 0.3) is 5.91 Å². The van der Waals surface area contributed by atoms with Crippen LogP contribution in [0.5, 0.6) is 0 Å². The fourth-order valence-electron chi connectivity index (χ4n) is 5.45. The van der Waals surface area contributed by atoms with Crippen LogP contribution in [0.15, 0.2) is 30.3 Å². The molecule has 2 saturated carbocycles. The lowest BCUT2D eigenvalue weighted by Crippen LogP contribution is -2.64. The molecule has 2 fully saturated rings. The molecule has 2 aliphatic carbocycles. The highest BCUT2D eigenvalue weighted by atomic mass is 16.4. The van der Waals surface area contributed by atoms with E-state index in [-0.39, 0.29) is 19.3 Å². The van der Waals surface area contributed by atoms with E-state index in [2.05, 4.69) is 10.6 Å². The Bertz CT molecular complexity index is 965. The molecule has 0 spiro atoms. The number of aliphatic carboxylic acids is 1. The first-order valence-corrected chi connectivity index (χ1v) is 12.2. The Morgan fingerprint density at radius 1 is 1.03 bits per heavy atom. The van der Waals surface area contributed by atoms with E-state index in [9.17, 15) is 39.6 Å². The Kier molecular flexibility index (Phi) is 8.70. The SMILES string of the molecule is NC(=O)[C@@H](Cc1ccccc1)NC(=O)[C@@]1(O)C[C@@H](O)[C@H](O)[C@@H](NC(=O)CC2(CC(=O)O)CCCC2)C1. The number of aliphatic hydroxyl groups is 3. The predicted octanol–water partition coefficient (Wildman–Crippen LogP) is -0.644.